The Bertz CT molecular complexity index is 861. The van der Waals surface area contributed by atoms with E-state index in [0.717, 1.165) is 16.9 Å². The van der Waals surface area contributed by atoms with Crippen molar-refractivity contribution >= 4 is 18.4 Å². The fourth-order valence-electron chi connectivity index (χ4n) is 2.72. The monoisotopic (exact) mass is 387 g/mol. The Labute approximate surface area is 164 Å². The molecular formula is C21H22ClNO4. The lowest BCUT2D eigenvalue weighted by Crippen LogP contribution is -2.31. The first kappa shape index (κ1) is 20.7. The maximum Gasteiger partial charge on any atom is 0.335 e. The molecule has 2 unspecified atom stereocenters. The fraction of sp³-hybridized carbons (Fsp3) is 0.190. The summed E-state index contributed by atoms with van der Waals surface area (Å²) in [5, 5.41) is 22.6. The molecule has 142 valence electrons. The van der Waals surface area contributed by atoms with Gasteiger partial charge in [-0.05, 0) is 36.8 Å². The molecular weight excluding hydrogens is 366 g/mol. The molecule has 0 saturated carbocycles. The van der Waals surface area contributed by atoms with Crippen molar-refractivity contribution in [2.75, 3.05) is 0 Å². The van der Waals surface area contributed by atoms with Crippen LogP contribution >= 0.6 is 12.4 Å². The summed E-state index contributed by atoms with van der Waals surface area (Å²) in [5.41, 5.74) is 1.93. The molecule has 0 radical (unpaired) electrons. The van der Waals surface area contributed by atoms with E-state index in [9.17, 15) is 9.90 Å². The molecule has 1 aromatic heterocycles. The Kier molecular flexibility index (Phi) is 7.19. The molecule has 0 aliphatic rings. The van der Waals surface area contributed by atoms with Crippen molar-refractivity contribution in [3.05, 3.63) is 83.6 Å². The number of carboxylic acids is 1. The molecule has 27 heavy (non-hydrogen) atoms. The Morgan fingerprint density at radius 2 is 1.70 bits per heavy atom. The maximum absolute atomic E-state index is 10.9. The summed E-state index contributed by atoms with van der Waals surface area (Å²) in [6, 6.07) is 19.7. The van der Waals surface area contributed by atoms with Crippen LogP contribution in [-0.2, 0) is 6.54 Å². The van der Waals surface area contributed by atoms with E-state index >= 15 is 0 Å². The molecule has 0 aliphatic carbocycles. The zero-order valence-electron chi connectivity index (χ0n) is 14.8. The predicted octanol–water partition coefficient (Wildman–Crippen LogP) is 4.28. The normalized spacial score (nSPS) is 12.8. The summed E-state index contributed by atoms with van der Waals surface area (Å²) < 4.78 is 5.81. The number of aliphatic hydroxyl groups excluding tert-OH is 1. The number of aromatic carboxylic acids is 1. The highest BCUT2D eigenvalue weighted by Crippen LogP contribution is 2.23. The van der Waals surface area contributed by atoms with Crippen LogP contribution in [0.1, 0.15) is 34.7 Å². The van der Waals surface area contributed by atoms with Gasteiger partial charge in [0.25, 0.3) is 0 Å². The molecule has 0 aliphatic heterocycles. The van der Waals surface area contributed by atoms with Gasteiger partial charge < -0.3 is 19.9 Å². The molecule has 3 rings (SSSR count). The minimum Gasteiger partial charge on any atom is -0.478 e. The Morgan fingerprint density at radius 3 is 2.33 bits per heavy atom. The van der Waals surface area contributed by atoms with Crippen molar-refractivity contribution in [2.24, 2.45) is 0 Å². The third kappa shape index (κ3) is 5.20. The first-order chi connectivity index (χ1) is 12.5. The van der Waals surface area contributed by atoms with Crippen LogP contribution in [0.4, 0.5) is 0 Å². The van der Waals surface area contributed by atoms with Gasteiger partial charge in [0.05, 0.1) is 18.2 Å². The molecule has 0 fully saturated rings. The largest absolute Gasteiger partial charge is 0.478 e. The zero-order chi connectivity index (χ0) is 18.5. The molecule has 2 atom stereocenters. The van der Waals surface area contributed by atoms with Crippen LogP contribution in [0, 0.1) is 0 Å². The van der Waals surface area contributed by atoms with Gasteiger partial charge in [0.15, 0.2) is 0 Å². The first-order valence-electron chi connectivity index (χ1n) is 8.43. The van der Waals surface area contributed by atoms with Gasteiger partial charge in [-0.3, -0.25) is 0 Å². The van der Waals surface area contributed by atoms with E-state index in [2.05, 4.69) is 5.32 Å². The lowest BCUT2D eigenvalue weighted by molar-refractivity contribution is 0.0697. The van der Waals surface area contributed by atoms with Crippen molar-refractivity contribution in [2.45, 2.75) is 25.6 Å². The maximum atomic E-state index is 10.9. The summed E-state index contributed by atoms with van der Waals surface area (Å²) in [5.74, 6) is 0.469. The molecule has 0 spiro atoms. The number of furan rings is 1. The fourth-order valence-corrected chi connectivity index (χ4v) is 2.72. The van der Waals surface area contributed by atoms with Crippen molar-refractivity contribution in [3.63, 3.8) is 0 Å². The Hall–Kier alpha value is -2.60. The van der Waals surface area contributed by atoms with Gasteiger partial charge in [-0.25, -0.2) is 4.79 Å². The average Bonchev–Trinajstić information content (AvgIpc) is 3.15. The molecule has 0 bridgehead atoms. The molecule has 3 aromatic rings. The second-order valence-electron chi connectivity index (χ2n) is 6.17. The number of carbonyl (C=O) groups is 1. The van der Waals surface area contributed by atoms with Crippen molar-refractivity contribution < 1.29 is 19.4 Å². The smallest absolute Gasteiger partial charge is 0.335 e. The second-order valence-corrected chi connectivity index (χ2v) is 6.17. The molecule has 0 amide bonds. The van der Waals surface area contributed by atoms with Crippen LogP contribution in [0.2, 0.25) is 0 Å². The van der Waals surface area contributed by atoms with Crippen molar-refractivity contribution in [1.29, 1.82) is 0 Å². The Morgan fingerprint density at radius 1 is 1.04 bits per heavy atom. The number of nitrogens with one attached hydrogen (secondary N) is 1. The minimum atomic E-state index is -0.952. The van der Waals surface area contributed by atoms with Crippen molar-refractivity contribution in [1.82, 2.24) is 5.32 Å². The van der Waals surface area contributed by atoms with Gasteiger partial charge in [0, 0.05) is 11.6 Å². The highest BCUT2D eigenvalue weighted by Gasteiger charge is 2.16. The standard InChI is InChI=1S/C21H21NO4.ClH/c1-14(20(23)16-5-3-2-4-6-16)22-13-18-11-12-19(26-18)15-7-9-17(10-8-15)21(24)25;/h2-12,14,20,22-23H,13H2,1H3,(H,24,25);1H. The highest BCUT2D eigenvalue weighted by atomic mass is 35.5. The first-order valence-corrected chi connectivity index (χ1v) is 8.43. The second kappa shape index (κ2) is 9.37. The predicted molar refractivity (Wildman–Crippen MR) is 106 cm³/mol. The van der Waals surface area contributed by atoms with Crippen LogP contribution in [0.5, 0.6) is 0 Å². The SMILES string of the molecule is CC(NCc1ccc(-c2ccc(C(=O)O)cc2)o1)C(O)c1ccccc1.Cl. The number of hydrogen-bond donors (Lipinski definition) is 3. The van der Waals surface area contributed by atoms with Gasteiger partial charge in [0.1, 0.15) is 11.5 Å². The third-order valence-corrected chi connectivity index (χ3v) is 4.29. The quantitative estimate of drug-likeness (QED) is 0.563. The summed E-state index contributed by atoms with van der Waals surface area (Å²) >= 11 is 0. The topological polar surface area (TPSA) is 82.7 Å². The number of benzene rings is 2. The number of aliphatic hydroxyl groups is 1. The number of hydrogen-bond acceptors (Lipinski definition) is 4. The zero-order valence-corrected chi connectivity index (χ0v) is 15.6. The lowest BCUT2D eigenvalue weighted by atomic mass is 10.0. The van der Waals surface area contributed by atoms with E-state index in [0.29, 0.717) is 12.3 Å². The molecule has 5 nitrogen and oxygen atoms in total. The van der Waals surface area contributed by atoms with Gasteiger partial charge in [-0.2, -0.15) is 0 Å². The Balaban J connectivity index is 0.00000261. The van der Waals surface area contributed by atoms with Gasteiger partial charge in [-0.1, -0.05) is 42.5 Å². The van der Waals surface area contributed by atoms with E-state index in [4.69, 9.17) is 9.52 Å². The van der Waals surface area contributed by atoms with Gasteiger partial charge in [0.2, 0.25) is 0 Å². The molecule has 2 aromatic carbocycles. The summed E-state index contributed by atoms with van der Waals surface area (Å²) in [6.07, 6.45) is -0.603. The number of halogens is 1. The van der Waals surface area contributed by atoms with Crippen LogP contribution in [0.15, 0.2) is 71.1 Å². The van der Waals surface area contributed by atoms with Crippen LogP contribution in [0.3, 0.4) is 0 Å². The van der Waals surface area contributed by atoms with Gasteiger partial charge >= 0.3 is 5.97 Å². The van der Waals surface area contributed by atoms with Gasteiger partial charge in [-0.15, -0.1) is 12.4 Å². The number of carboxylic acid groups (broad SMARTS) is 1. The van der Waals surface area contributed by atoms with E-state index < -0.39 is 12.1 Å². The van der Waals surface area contributed by atoms with E-state index in [1.807, 2.05) is 49.4 Å². The summed E-state index contributed by atoms with van der Waals surface area (Å²) in [4.78, 5) is 10.9. The summed E-state index contributed by atoms with van der Waals surface area (Å²) in [6.45, 7) is 2.41. The molecule has 1 heterocycles. The number of rotatable bonds is 7. The minimum absolute atomic E-state index is 0. The van der Waals surface area contributed by atoms with Crippen LogP contribution in [0.25, 0.3) is 11.3 Å². The van der Waals surface area contributed by atoms with E-state index in [1.165, 1.54) is 0 Å². The van der Waals surface area contributed by atoms with Crippen molar-refractivity contribution in [3.8, 4) is 11.3 Å². The summed E-state index contributed by atoms with van der Waals surface area (Å²) in [7, 11) is 0. The third-order valence-electron chi connectivity index (χ3n) is 4.29. The molecule has 6 heteroatoms. The van der Waals surface area contributed by atoms with Crippen LogP contribution < -0.4 is 5.32 Å². The molecule has 3 N–H and O–H groups in total. The van der Waals surface area contributed by atoms with E-state index in [1.54, 1.807) is 24.3 Å². The lowest BCUT2D eigenvalue weighted by Gasteiger charge is -2.20. The van der Waals surface area contributed by atoms with Crippen LogP contribution in [-0.4, -0.2) is 22.2 Å². The average molecular weight is 388 g/mol. The van der Waals surface area contributed by atoms with E-state index in [-0.39, 0.29) is 24.0 Å². The molecule has 0 saturated heterocycles. The highest BCUT2D eigenvalue weighted by molar-refractivity contribution is 5.88.